The molecule has 0 aromatic heterocycles. The Hall–Kier alpha value is -1.45. The van der Waals surface area contributed by atoms with Crippen LogP contribution in [0, 0.1) is 50.2 Å². The molecule has 5 aliphatic carbocycles. The highest BCUT2D eigenvalue weighted by molar-refractivity contribution is 6.03. The molecule has 4 nitrogen and oxygen atoms in total. The van der Waals surface area contributed by atoms with E-state index >= 15 is 0 Å². The third kappa shape index (κ3) is 3.11. The van der Waals surface area contributed by atoms with Gasteiger partial charge in [0.15, 0.2) is 5.78 Å². The van der Waals surface area contributed by atoms with Gasteiger partial charge in [0.2, 0.25) is 0 Å². The zero-order chi connectivity index (χ0) is 27.4. The quantitative estimate of drug-likeness (QED) is 0.291. The maximum Gasteiger partial charge on any atom is 0.302 e. The van der Waals surface area contributed by atoms with Crippen LogP contribution in [0.2, 0.25) is 0 Å². The van der Waals surface area contributed by atoms with Crippen molar-refractivity contribution in [3.05, 3.63) is 11.1 Å². The predicted molar refractivity (Wildman–Crippen MR) is 146 cm³/mol. The van der Waals surface area contributed by atoms with E-state index in [1.54, 1.807) is 6.92 Å². The molecule has 0 spiro atoms. The number of ether oxygens (including phenoxy) is 1. The topological polar surface area (TPSA) is 60.4 Å². The van der Waals surface area contributed by atoms with Gasteiger partial charge in [-0.25, -0.2) is 0 Å². The van der Waals surface area contributed by atoms with Gasteiger partial charge in [0, 0.05) is 18.8 Å². The lowest BCUT2D eigenvalue weighted by atomic mass is 9.28. The Balaban J connectivity index is 1.61. The maximum absolute atomic E-state index is 13.3. The highest BCUT2D eigenvalue weighted by atomic mass is 16.5. The molecule has 0 N–H and O–H groups in total. The van der Waals surface area contributed by atoms with Gasteiger partial charge in [-0.1, -0.05) is 55.4 Å². The Morgan fingerprint density at radius 2 is 1.51 bits per heavy atom. The van der Waals surface area contributed by atoms with Gasteiger partial charge in [-0.05, 0) is 102 Å². The number of rotatable bonds is 3. The van der Waals surface area contributed by atoms with E-state index in [0.717, 1.165) is 63.2 Å². The van der Waals surface area contributed by atoms with Crippen LogP contribution in [0.1, 0.15) is 120 Å². The summed E-state index contributed by atoms with van der Waals surface area (Å²) in [5.74, 6) is 1.02. The van der Waals surface area contributed by atoms with E-state index in [1.165, 1.54) is 5.57 Å². The lowest BCUT2D eigenvalue weighted by molar-refractivity contribution is -0.277. The molecular weight excluding hydrogens is 460 g/mol. The largest absolute Gasteiger partial charge is 0.462 e. The molecule has 8 atom stereocenters. The Kier molecular flexibility index (Phi) is 5.89. The van der Waals surface area contributed by atoms with Crippen LogP contribution in [0.4, 0.5) is 0 Å². The van der Waals surface area contributed by atoms with Crippen molar-refractivity contribution < 1.29 is 19.1 Å². The molecule has 0 bridgehead atoms. The number of carbonyl (C=O) groups is 3. The second kappa shape index (κ2) is 8.04. The van der Waals surface area contributed by atoms with E-state index in [9.17, 15) is 14.4 Å². The summed E-state index contributed by atoms with van der Waals surface area (Å²) in [5, 5.41) is 0. The highest BCUT2D eigenvalue weighted by Crippen LogP contribution is 2.80. The lowest BCUT2D eigenvalue weighted by Crippen LogP contribution is -2.70. The first-order valence-electron chi connectivity index (χ1n) is 15.0. The van der Waals surface area contributed by atoms with Crippen molar-refractivity contribution in [2.24, 2.45) is 50.2 Å². The molecule has 5 rings (SSSR count). The van der Waals surface area contributed by atoms with Crippen molar-refractivity contribution in [1.82, 2.24) is 0 Å². The number of fused-ring (bicyclic) bond motifs is 7. The zero-order valence-electron chi connectivity index (χ0n) is 24.9. The molecule has 5 aliphatic rings. The molecule has 4 fully saturated rings. The molecule has 0 saturated heterocycles. The number of esters is 1. The van der Waals surface area contributed by atoms with Gasteiger partial charge in [0.1, 0.15) is 12.4 Å². The van der Waals surface area contributed by atoms with Gasteiger partial charge in [-0.15, -0.1) is 0 Å². The van der Waals surface area contributed by atoms with Crippen molar-refractivity contribution in [2.45, 2.75) is 126 Å². The molecular formula is C33H50O4. The van der Waals surface area contributed by atoms with E-state index < -0.39 is 5.41 Å². The summed E-state index contributed by atoms with van der Waals surface area (Å²) in [6, 6.07) is 0. The third-order valence-electron chi connectivity index (χ3n) is 13.9. The van der Waals surface area contributed by atoms with E-state index in [-0.39, 0.29) is 50.8 Å². The van der Waals surface area contributed by atoms with Crippen LogP contribution in [0.5, 0.6) is 0 Å². The first-order chi connectivity index (χ1) is 17.0. The minimum absolute atomic E-state index is 0.0194. The summed E-state index contributed by atoms with van der Waals surface area (Å²) < 4.78 is 5.91. The number of hydrogen-bond acceptors (Lipinski definition) is 4. The molecule has 4 saturated carbocycles. The number of allylic oxidation sites excluding steroid dienone is 2. The smallest absolute Gasteiger partial charge is 0.302 e. The zero-order valence-corrected chi connectivity index (χ0v) is 24.9. The number of aldehydes is 1. The van der Waals surface area contributed by atoms with Crippen molar-refractivity contribution in [1.29, 1.82) is 0 Å². The summed E-state index contributed by atoms with van der Waals surface area (Å²) in [5.41, 5.74) is 2.04. The van der Waals surface area contributed by atoms with Crippen LogP contribution >= 0.6 is 0 Å². The standard InChI is InChI=1S/C33H50O4/c1-20(2)26-23(36)18-33(19-34)17-16-29(6)22(27(26)33)10-14-32(9)30(7)13-12-25(37-21(3)35)28(4,5)24(30)11-15-31(29,32)8/h19-20,22,24-25H,10-18H2,1-9H3/t22?,24-,25-,29+,30-,31-,32+,33-/m0/s1. The van der Waals surface area contributed by atoms with Crippen molar-refractivity contribution in [2.75, 3.05) is 0 Å². The number of Topliss-reactive ketones (excluding diaryl/α,β-unsaturated/α-hetero) is 1. The molecule has 0 aromatic rings. The van der Waals surface area contributed by atoms with Gasteiger partial charge < -0.3 is 9.53 Å². The lowest BCUT2D eigenvalue weighted by Gasteiger charge is -2.76. The normalized spacial score (nSPS) is 48.6. The number of hydrogen-bond donors (Lipinski definition) is 0. The predicted octanol–water partition coefficient (Wildman–Crippen LogP) is 7.49. The average molecular weight is 511 g/mol. The summed E-state index contributed by atoms with van der Waals surface area (Å²) in [7, 11) is 0. The Bertz CT molecular complexity index is 1070. The third-order valence-corrected chi connectivity index (χ3v) is 13.9. The summed E-state index contributed by atoms with van der Waals surface area (Å²) in [6.45, 7) is 20.7. The van der Waals surface area contributed by atoms with Crippen molar-refractivity contribution >= 4 is 18.0 Å². The van der Waals surface area contributed by atoms with E-state index in [4.69, 9.17) is 4.74 Å². The van der Waals surface area contributed by atoms with Crippen LogP contribution in [0.3, 0.4) is 0 Å². The summed E-state index contributed by atoms with van der Waals surface area (Å²) in [4.78, 5) is 37.9. The molecule has 1 unspecified atom stereocenters. The van der Waals surface area contributed by atoms with E-state index in [2.05, 4.69) is 55.4 Å². The Labute approximate surface area is 224 Å². The maximum atomic E-state index is 13.3. The van der Waals surface area contributed by atoms with Crippen LogP contribution in [-0.2, 0) is 19.1 Å². The van der Waals surface area contributed by atoms with E-state index in [1.807, 2.05) is 0 Å². The fourth-order valence-electron chi connectivity index (χ4n) is 11.6. The van der Waals surface area contributed by atoms with Crippen LogP contribution in [0.25, 0.3) is 0 Å². The summed E-state index contributed by atoms with van der Waals surface area (Å²) >= 11 is 0. The Morgan fingerprint density at radius 3 is 2.11 bits per heavy atom. The first-order valence-corrected chi connectivity index (χ1v) is 15.0. The highest BCUT2D eigenvalue weighted by Gasteiger charge is 2.74. The fourth-order valence-corrected chi connectivity index (χ4v) is 11.6. The van der Waals surface area contributed by atoms with E-state index in [0.29, 0.717) is 18.3 Å². The van der Waals surface area contributed by atoms with Crippen molar-refractivity contribution in [3.63, 3.8) is 0 Å². The summed E-state index contributed by atoms with van der Waals surface area (Å²) in [6.07, 6.45) is 9.86. The van der Waals surface area contributed by atoms with Gasteiger partial charge >= 0.3 is 5.97 Å². The molecule has 0 aliphatic heterocycles. The molecule has 37 heavy (non-hydrogen) atoms. The SMILES string of the molecule is CC(=O)O[C@H]1CC[C@@]2(C)[C@@H](CC[C@]3(C)[C@]2(C)CCC2C4=C(C(C)C)C(=O)C[C@]4(C=O)CC[C@]23C)C1(C)C. The second-order valence-corrected chi connectivity index (χ2v) is 15.5. The molecule has 206 valence electrons. The van der Waals surface area contributed by atoms with Gasteiger partial charge in [-0.3, -0.25) is 9.59 Å². The molecule has 0 radical (unpaired) electrons. The number of ketones is 1. The molecule has 0 amide bonds. The fraction of sp³-hybridized carbons (Fsp3) is 0.848. The minimum Gasteiger partial charge on any atom is -0.462 e. The average Bonchev–Trinajstić information content (AvgIpc) is 3.10. The van der Waals surface area contributed by atoms with Gasteiger partial charge in [0.25, 0.3) is 0 Å². The van der Waals surface area contributed by atoms with Crippen LogP contribution in [0.15, 0.2) is 11.1 Å². The van der Waals surface area contributed by atoms with Gasteiger partial charge in [-0.2, -0.15) is 0 Å². The van der Waals surface area contributed by atoms with Crippen LogP contribution < -0.4 is 0 Å². The second-order valence-electron chi connectivity index (χ2n) is 15.5. The minimum atomic E-state index is -0.559. The molecule has 4 heteroatoms. The Morgan fingerprint density at radius 1 is 0.892 bits per heavy atom. The monoisotopic (exact) mass is 510 g/mol. The molecule has 0 aromatic carbocycles. The molecule has 0 heterocycles. The first kappa shape index (κ1) is 27.1. The van der Waals surface area contributed by atoms with Crippen molar-refractivity contribution in [3.8, 4) is 0 Å². The van der Waals surface area contributed by atoms with Gasteiger partial charge in [0.05, 0.1) is 5.41 Å². The van der Waals surface area contributed by atoms with Crippen LogP contribution in [-0.4, -0.2) is 24.1 Å². The number of carbonyl (C=O) groups excluding carboxylic acids is 3.